The number of nitrogens with zero attached hydrogens (tertiary/aromatic N) is 3. The zero-order valence-electron chi connectivity index (χ0n) is 21.1. The van der Waals surface area contributed by atoms with Gasteiger partial charge < -0.3 is 33.6 Å². The molecule has 0 aliphatic heterocycles. The molecule has 186 valence electrons. The van der Waals surface area contributed by atoms with Crippen LogP contribution in [0.15, 0.2) is 0 Å². The summed E-state index contributed by atoms with van der Waals surface area (Å²) in [6.45, 7) is 14.8. The maximum atomic E-state index is 12.0. The third kappa shape index (κ3) is 18.5. The van der Waals surface area contributed by atoms with Gasteiger partial charge in [-0.25, -0.2) is 0 Å². The zero-order valence-corrected chi connectivity index (χ0v) is 21.1. The summed E-state index contributed by atoms with van der Waals surface area (Å²) < 4.78 is 22.0. The maximum absolute atomic E-state index is 12.0. The number of likely N-dealkylation sites (N-methyl/N-ethyl adjacent to an activating group) is 1. The first kappa shape index (κ1) is 30.2. The number of carbonyl (C=O) groups is 1. The lowest BCUT2D eigenvalue weighted by atomic mass is 10.2. The Bertz CT molecular complexity index is 415. The molecule has 0 saturated heterocycles. The number of ether oxygens (including phenoxy) is 4. The lowest BCUT2D eigenvalue weighted by molar-refractivity contribution is -0.131. The van der Waals surface area contributed by atoms with Gasteiger partial charge in [0.05, 0.1) is 59.3 Å². The monoisotopic (exact) mass is 447 g/mol. The highest BCUT2D eigenvalue weighted by atomic mass is 16.6. The van der Waals surface area contributed by atoms with Crippen LogP contribution in [-0.4, -0.2) is 127 Å². The molecule has 0 aromatic heterocycles. The molecule has 1 amide bonds. The smallest absolute Gasteiger partial charge is 0.224 e. The van der Waals surface area contributed by atoms with Crippen molar-refractivity contribution in [3.63, 3.8) is 0 Å². The van der Waals surface area contributed by atoms with Gasteiger partial charge in [0, 0.05) is 26.2 Å². The molecule has 0 aromatic rings. The van der Waals surface area contributed by atoms with E-state index in [1.165, 1.54) is 0 Å². The molecular weight excluding hydrogens is 398 g/mol. The molecule has 0 fully saturated rings. The normalized spacial score (nSPS) is 12.6. The first-order valence-electron chi connectivity index (χ1n) is 11.9. The van der Waals surface area contributed by atoms with Gasteiger partial charge in [-0.1, -0.05) is 13.8 Å². The maximum Gasteiger partial charge on any atom is 0.224 e. The van der Waals surface area contributed by atoms with Crippen molar-refractivity contribution in [3.8, 4) is 0 Å². The highest BCUT2D eigenvalue weighted by Gasteiger charge is 2.08. The van der Waals surface area contributed by atoms with Gasteiger partial charge in [-0.3, -0.25) is 4.79 Å². The number of rotatable bonds is 22. The number of hydrogen-bond acceptors (Lipinski definition) is 7. The molecule has 0 heterocycles. The van der Waals surface area contributed by atoms with Crippen molar-refractivity contribution in [2.75, 3.05) is 100 Å². The first-order valence-corrected chi connectivity index (χ1v) is 11.9. The fourth-order valence-electron chi connectivity index (χ4n) is 2.71. The molecule has 0 spiro atoms. The zero-order chi connectivity index (χ0) is 23.3. The molecule has 0 aliphatic carbocycles. The summed E-state index contributed by atoms with van der Waals surface area (Å²) >= 11 is 0. The molecule has 0 bridgehead atoms. The Labute approximate surface area is 191 Å². The van der Waals surface area contributed by atoms with Crippen LogP contribution in [-0.2, 0) is 23.7 Å². The first-order chi connectivity index (χ1) is 14.9. The van der Waals surface area contributed by atoms with Crippen LogP contribution in [0.4, 0.5) is 0 Å². The van der Waals surface area contributed by atoms with Gasteiger partial charge in [-0.15, -0.1) is 0 Å². The van der Waals surface area contributed by atoms with Gasteiger partial charge in [-0.05, 0) is 47.0 Å². The van der Waals surface area contributed by atoms with Crippen LogP contribution in [0.3, 0.4) is 0 Å². The van der Waals surface area contributed by atoms with E-state index in [0.717, 1.165) is 45.6 Å². The molecular formula is C23H49N3O5. The third-order valence-corrected chi connectivity index (χ3v) is 5.51. The molecule has 0 saturated carbocycles. The highest BCUT2D eigenvalue weighted by molar-refractivity contribution is 5.75. The number of hydrogen-bond donors (Lipinski definition) is 0. The van der Waals surface area contributed by atoms with E-state index in [-0.39, 0.29) is 5.91 Å². The SMILES string of the molecule is CCC(C)N(C)CCOCCOCCOCCOCCC(=O)N(C)CCCN(C)CC. The Morgan fingerprint density at radius 2 is 1.26 bits per heavy atom. The van der Waals surface area contributed by atoms with Gasteiger partial charge >= 0.3 is 0 Å². The van der Waals surface area contributed by atoms with Crippen LogP contribution in [0.1, 0.15) is 40.0 Å². The van der Waals surface area contributed by atoms with E-state index in [4.69, 9.17) is 18.9 Å². The largest absolute Gasteiger partial charge is 0.379 e. The molecule has 8 heteroatoms. The summed E-state index contributed by atoms with van der Waals surface area (Å²) in [5.74, 6) is 0.127. The number of amides is 1. The average molecular weight is 448 g/mol. The Kier molecular flexibility index (Phi) is 20.6. The predicted octanol–water partition coefficient (Wildman–Crippen LogP) is 1.97. The Balaban J connectivity index is 3.35. The topological polar surface area (TPSA) is 63.7 Å². The van der Waals surface area contributed by atoms with Crippen molar-refractivity contribution >= 4 is 5.91 Å². The van der Waals surface area contributed by atoms with Crippen LogP contribution < -0.4 is 0 Å². The molecule has 1 unspecified atom stereocenters. The van der Waals surface area contributed by atoms with Crippen molar-refractivity contribution in [1.29, 1.82) is 0 Å². The minimum absolute atomic E-state index is 0.127. The van der Waals surface area contributed by atoms with Crippen LogP contribution >= 0.6 is 0 Å². The minimum atomic E-state index is 0.127. The molecule has 31 heavy (non-hydrogen) atoms. The second-order valence-electron chi connectivity index (χ2n) is 8.00. The van der Waals surface area contributed by atoms with Crippen molar-refractivity contribution in [1.82, 2.24) is 14.7 Å². The molecule has 0 aliphatic rings. The second kappa shape index (κ2) is 21.1. The third-order valence-electron chi connectivity index (χ3n) is 5.51. The van der Waals surface area contributed by atoms with E-state index in [1.54, 1.807) is 4.90 Å². The fraction of sp³-hybridized carbons (Fsp3) is 0.957. The second-order valence-corrected chi connectivity index (χ2v) is 8.00. The summed E-state index contributed by atoms with van der Waals surface area (Å²) in [5, 5.41) is 0. The van der Waals surface area contributed by atoms with Crippen molar-refractivity contribution in [3.05, 3.63) is 0 Å². The van der Waals surface area contributed by atoms with Crippen LogP contribution in [0, 0.1) is 0 Å². The van der Waals surface area contributed by atoms with Gasteiger partial charge in [0.15, 0.2) is 0 Å². The molecule has 0 aromatic carbocycles. The average Bonchev–Trinajstić information content (AvgIpc) is 2.77. The van der Waals surface area contributed by atoms with Gasteiger partial charge in [-0.2, -0.15) is 0 Å². The van der Waals surface area contributed by atoms with Crippen LogP contribution in [0.25, 0.3) is 0 Å². The summed E-state index contributed by atoms with van der Waals surface area (Å²) in [4.78, 5) is 18.4. The summed E-state index contributed by atoms with van der Waals surface area (Å²) in [5.41, 5.74) is 0. The van der Waals surface area contributed by atoms with Crippen LogP contribution in [0.2, 0.25) is 0 Å². The van der Waals surface area contributed by atoms with Gasteiger partial charge in [0.1, 0.15) is 0 Å². The lowest BCUT2D eigenvalue weighted by Crippen LogP contribution is -2.31. The summed E-state index contributed by atoms with van der Waals surface area (Å²) in [6, 6.07) is 0.589. The highest BCUT2D eigenvalue weighted by Crippen LogP contribution is 1.99. The van der Waals surface area contributed by atoms with Crippen molar-refractivity contribution < 1.29 is 23.7 Å². The van der Waals surface area contributed by atoms with E-state index in [1.807, 2.05) is 7.05 Å². The Hall–Kier alpha value is -0.770. The van der Waals surface area contributed by atoms with E-state index < -0.39 is 0 Å². The summed E-state index contributed by atoms with van der Waals surface area (Å²) in [7, 11) is 6.07. The van der Waals surface area contributed by atoms with Crippen molar-refractivity contribution in [2.24, 2.45) is 0 Å². The Morgan fingerprint density at radius 1 is 0.742 bits per heavy atom. The van der Waals surface area contributed by atoms with E-state index in [0.29, 0.717) is 58.7 Å². The van der Waals surface area contributed by atoms with Crippen molar-refractivity contribution in [2.45, 2.75) is 46.1 Å². The standard InChI is InChI=1S/C23H49N3O5/c1-7-22(3)25(5)13-15-29-17-19-31-21-20-30-18-16-28-14-10-23(27)26(6)12-9-11-24(4)8-2/h22H,7-21H2,1-6H3. The molecule has 0 radical (unpaired) electrons. The molecule has 8 nitrogen and oxygen atoms in total. The molecule has 1 atom stereocenters. The fourth-order valence-corrected chi connectivity index (χ4v) is 2.71. The lowest BCUT2D eigenvalue weighted by Gasteiger charge is -2.23. The summed E-state index contributed by atoms with van der Waals surface area (Å²) in [6.07, 6.45) is 2.55. The van der Waals surface area contributed by atoms with Crippen LogP contribution in [0.5, 0.6) is 0 Å². The van der Waals surface area contributed by atoms with Gasteiger partial charge in [0.2, 0.25) is 5.91 Å². The Morgan fingerprint density at radius 3 is 1.77 bits per heavy atom. The van der Waals surface area contributed by atoms with E-state index in [2.05, 4.69) is 44.7 Å². The van der Waals surface area contributed by atoms with Gasteiger partial charge in [0.25, 0.3) is 0 Å². The number of carbonyl (C=O) groups excluding carboxylic acids is 1. The predicted molar refractivity (Wildman–Crippen MR) is 126 cm³/mol. The van der Waals surface area contributed by atoms with E-state index >= 15 is 0 Å². The quantitative estimate of drug-likeness (QED) is 0.235. The molecule has 0 N–H and O–H groups in total. The minimum Gasteiger partial charge on any atom is -0.379 e. The molecule has 0 rings (SSSR count). The van der Waals surface area contributed by atoms with E-state index in [9.17, 15) is 4.79 Å².